The Morgan fingerprint density at radius 3 is 3.00 bits per heavy atom. The molecular weight excluding hydrogens is 344 g/mol. The SMILES string of the molecule is O=C(O)CSc1nnnn1-c1ccc(Cl)cc1Br. The van der Waals surface area contributed by atoms with E-state index in [-0.39, 0.29) is 5.75 Å². The molecule has 6 nitrogen and oxygen atoms in total. The molecule has 0 atom stereocenters. The van der Waals surface area contributed by atoms with Gasteiger partial charge in [-0.15, -0.1) is 5.10 Å². The van der Waals surface area contributed by atoms with E-state index in [0.29, 0.717) is 15.9 Å². The number of thioether (sulfide) groups is 1. The number of rotatable bonds is 4. The summed E-state index contributed by atoms with van der Waals surface area (Å²) in [6, 6.07) is 5.16. The van der Waals surface area contributed by atoms with E-state index in [2.05, 4.69) is 31.5 Å². The van der Waals surface area contributed by atoms with Crippen LogP contribution in [0, 0.1) is 0 Å². The van der Waals surface area contributed by atoms with E-state index in [1.54, 1.807) is 18.2 Å². The first-order chi connectivity index (χ1) is 8.58. The fourth-order valence-electron chi connectivity index (χ4n) is 1.20. The Hall–Kier alpha value is -1.12. The van der Waals surface area contributed by atoms with Crippen LogP contribution in [0.15, 0.2) is 27.8 Å². The molecule has 1 N–H and O–H groups in total. The lowest BCUT2D eigenvalue weighted by atomic mass is 10.3. The van der Waals surface area contributed by atoms with E-state index in [1.165, 1.54) is 4.68 Å². The summed E-state index contributed by atoms with van der Waals surface area (Å²) >= 11 is 10.2. The number of nitrogens with zero attached hydrogens (tertiary/aromatic N) is 4. The summed E-state index contributed by atoms with van der Waals surface area (Å²) in [5, 5.41) is 20.8. The van der Waals surface area contributed by atoms with E-state index >= 15 is 0 Å². The molecule has 0 saturated carbocycles. The summed E-state index contributed by atoms with van der Waals surface area (Å²) in [5.74, 6) is -1.03. The third-order valence-electron chi connectivity index (χ3n) is 1.90. The van der Waals surface area contributed by atoms with Crippen molar-refractivity contribution in [3.8, 4) is 5.69 Å². The minimum atomic E-state index is -0.926. The fourth-order valence-corrected chi connectivity index (χ4v) is 2.65. The van der Waals surface area contributed by atoms with Gasteiger partial charge in [0.1, 0.15) is 0 Å². The molecule has 0 aliphatic rings. The summed E-state index contributed by atoms with van der Waals surface area (Å²) in [6.45, 7) is 0. The molecule has 0 aliphatic heterocycles. The van der Waals surface area contributed by atoms with Gasteiger partial charge in [0.25, 0.3) is 0 Å². The Morgan fingerprint density at radius 1 is 1.56 bits per heavy atom. The molecule has 0 fully saturated rings. The molecule has 0 amide bonds. The molecule has 2 rings (SSSR count). The Bertz CT molecular complexity index is 592. The number of carboxylic acid groups (broad SMARTS) is 1. The molecule has 0 bridgehead atoms. The quantitative estimate of drug-likeness (QED) is 0.853. The zero-order valence-corrected chi connectivity index (χ0v) is 11.9. The lowest BCUT2D eigenvalue weighted by Crippen LogP contribution is -2.03. The molecule has 0 unspecified atom stereocenters. The predicted octanol–water partition coefficient (Wildman–Crippen LogP) is 2.25. The molecule has 0 saturated heterocycles. The van der Waals surface area contributed by atoms with Crippen LogP contribution >= 0.6 is 39.3 Å². The van der Waals surface area contributed by atoms with Crippen LogP contribution in [-0.4, -0.2) is 37.0 Å². The van der Waals surface area contributed by atoms with E-state index in [4.69, 9.17) is 16.7 Å². The van der Waals surface area contributed by atoms with Crippen LogP contribution in [0.5, 0.6) is 0 Å². The highest BCUT2D eigenvalue weighted by atomic mass is 79.9. The molecule has 9 heteroatoms. The Morgan fingerprint density at radius 2 is 2.33 bits per heavy atom. The maximum Gasteiger partial charge on any atom is 0.313 e. The smallest absolute Gasteiger partial charge is 0.313 e. The number of benzene rings is 1. The van der Waals surface area contributed by atoms with Crippen LogP contribution in [0.3, 0.4) is 0 Å². The van der Waals surface area contributed by atoms with Gasteiger partial charge in [-0.25, -0.2) is 0 Å². The second kappa shape index (κ2) is 5.68. The van der Waals surface area contributed by atoms with Crippen molar-refractivity contribution >= 4 is 45.3 Å². The highest BCUT2D eigenvalue weighted by molar-refractivity contribution is 9.10. The van der Waals surface area contributed by atoms with Gasteiger partial charge in [-0.2, -0.15) is 4.68 Å². The molecule has 1 aromatic carbocycles. The highest BCUT2D eigenvalue weighted by Crippen LogP contribution is 2.27. The number of aliphatic carboxylic acids is 1. The molecule has 0 aliphatic carbocycles. The molecule has 1 heterocycles. The van der Waals surface area contributed by atoms with Crippen molar-refractivity contribution in [3.05, 3.63) is 27.7 Å². The summed E-state index contributed by atoms with van der Waals surface area (Å²) in [7, 11) is 0. The van der Waals surface area contributed by atoms with Crippen molar-refractivity contribution in [1.82, 2.24) is 20.2 Å². The largest absolute Gasteiger partial charge is 0.481 e. The summed E-state index contributed by atoms with van der Waals surface area (Å²) in [6.07, 6.45) is 0. The van der Waals surface area contributed by atoms with Gasteiger partial charge in [0.05, 0.1) is 11.4 Å². The van der Waals surface area contributed by atoms with Crippen molar-refractivity contribution in [2.75, 3.05) is 5.75 Å². The molecule has 94 valence electrons. The second-order valence-electron chi connectivity index (χ2n) is 3.15. The monoisotopic (exact) mass is 348 g/mol. The molecule has 1 aromatic heterocycles. The number of hydrogen-bond donors (Lipinski definition) is 1. The summed E-state index contributed by atoms with van der Waals surface area (Å²) in [4.78, 5) is 10.5. The van der Waals surface area contributed by atoms with Gasteiger partial charge in [-0.05, 0) is 44.6 Å². The minimum Gasteiger partial charge on any atom is -0.481 e. The first kappa shape index (κ1) is 13.3. The summed E-state index contributed by atoms with van der Waals surface area (Å²) < 4.78 is 2.17. The Kier molecular flexibility index (Phi) is 4.20. The zero-order valence-electron chi connectivity index (χ0n) is 8.75. The number of hydrogen-bond acceptors (Lipinski definition) is 5. The number of aromatic nitrogens is 4. The average molecular weight is 350 g/mol. The van der Waals surface area contributed by atoms with Gasteiger partial charge in [0.2, 0.25) is 5.16 Å². The van der Waals surface area contributed by atoms with Gasteiger partial charge in [-0.3, -0.25) is 4.79 Å². The normalized spacial score (nSPS) is 10.6. The van der Waals surface area contributed by atoms with Gasteiger partial charge < -0.3 is 5.11 Å². The van der Waals surface area contributed by atoms with E-state index in [0.717, 1.165) is 16.2 Å². The fraction of sp³-hybridized carbons (Fsp3) is 0.111. The van der Waals surface area contributed by atoms with Crippen LogP contribution in [0.2, 0.25) is 5.02 Å². The van der Waals surface area contributed by atoms with E-state index in [9.17, 15) is 4.79 Å². The van der Waals surface area contributed by atoms with Crippen molar-refractivity contribution in [3.63, 3.8) is 0 Å². The van der Waals surface area contributed by atoms with Crippen molar-refractivity contribution in [1.29, 1.82) is 0 Å². The molecule has 0 radical (unpaired) electrons. The lowest BCUT2D eigenvalue weighted by Gasteiger charge is -2.05. The Labute approximate surface area is 119 Å². The van der Waals surface area contributed by atoms with Gasteiger partial charge in [0.15, 0.2) is 0 Å². The Balaban J connectivity index is 2.33. The second-order valence-corrected chi connectivity index (χ2v) is 5.38. The van der Waals surface area contributed by atoms with Crippen LogP contribution < -0.4 is 0 Å². The summed E-state index contributed by atoms with van der Waals surface area (Å²) in [5.41, 5.74) is 0.692. The average Bonchev–Trinajstić information content (AvgIpc) is 2.74. The lowest BCUT2D eigenvalue weighted by molar-refractivity contribution is -0.133. The minimum absolute atomic E-state index is 0.106. The third-order valence-corrected chi connectivity index (χ3v) is 3.68. The molecule has 0 spiro atoms. The van der Waals surface area contributed by atoms with Crippen molar-refractivity contribution in [2.24, 2.45) is 0 Å². The number of carbonyl (C=O) groups is 1. The first-order valence-electron chi connectivity index (χ1n) is 4.66. The third kappa shape index (κ3) is 3.01. The van der Waals surface area contributed by atoms with Crippen LogP contribution in [-0.2, 0) is 4.79 Å². The molecule has 18 heavy (non-hydrogen) atoms. The number of halogens is 2. The van der Waals surface area contributed by atoms with Crippen LogP contribution in [0.25, 0.3) is 5.69 Å². The number of tetrazole rings is 1. The maximum absolute atomic E-state index is 10.5. The van der Waals surface area contributed by atoms with Crippen LogP contribution in [0.1, 0.15) is 0 Å². The molecule has 2 aromatic rings. The maximum atomic E-state index is 10.5. The highest BCUT2D eigenvalue weighted by Gasteiger charge is 2.13. The number of carboxylic acids is 1. The van der Waals surface area contributed by atoms with Gasteiger partial charge in [-0.1, -0.05) is 23.4 Å². The van der Waals surface area contributed by atoms with E-state index in [1.807, 2.05) is 0 Å². The molecular formula is C9H6BrClN4O2S. The van der Waals surface area contributed by atoms with Gasteiger partial charge >= 0.3 is 5.97 Å². The van der Waals surface area contributed by atoms with Gasteiger partial charge in [0, 0.05) is 9.50 Å². The van der Waals surface area contributed by atoms with E-state index < -0.39 is 5.97 Å². The standard InChI is InChI=1S/C9H6BrClN4O2S/c10-6-3-5(11)1-2-7(6)15-9(12-13-14-15)18-4-8(16)17/h1-3H,4H2,(H,16,17). The first-order valence-corrected chi connectivity index (χ1v) is 6.82. The van der Waals surface area contributed by atoms with Crippen molar-refractivity contribution < 1.29 is 9.90 Å². The zero-order chi connectivity index (χ0) is 13.1. The topological polar surface area (TPSA) is 80.9 Å². The van der Waals surface area contributed by atoms with Crippen LogP contribution in [0.4, 0.5) is 0 Å². The predicted molar refractivity (Wildman–Crippen MR) is 70.2 cm³/mol. The van der Waals surface area contributed by atoms with Crippen molar-refractivity contribution in [2.45, 2.75) is 5.16 Å².